The molecule has 5 rings (SSSR count). The smallest absolute Gasteiger partial charge is 0.378 e. The maximum atomic E-state index is 14.6. The molecule has 38 heavy (non-hydrogen) atoms. The van der Waals surface area contributed by atoms with Crippen LogP contribution >= 0.6 is 0 Å². The molecule has 7 nitrogen and oxygen atoms in total. The van der Waals surface area contributed by atoms with Gasteiger partial charge in [0.2, 0.25) is 0 Å². The third-order valence-electron chi connectivity index (χ3n) is 6.72. The van der Waals surface area contributed by atoms with Gasteiger partial charge in [-0.2, -0.15) is 18.3 Å². The zero-order chi connectivity index (χ0) is 27.0. The van der Waals surface area contributed by atoms with Gasteiger partial charge in [-0.1, -0.05) is 0 Å². The number of nitrogens with one attached hydrogen (secondary N) is 2. The van der Waals surface area contributed by atoms with Crippen molar-refractivity contribution in [2.75, 3.05) is 25.0 Å². The molecule has 1 aliphatic carbocycles. The van der Waals surface area contributed by atoms with Gasteiger partial charge in [-0.3, -0.25) is 14.7 Å². The summed E-state index contributed by atoms with van der Waals surface area (Å²) < 4.78 is 68.6. The van der Waals surface area contributed by atoms with E-state index >= 15 is 0 Å². The standard InChI is InChI=1S/C26H27F5N6O/c1-15-6-21(27)20(25(38)35-18-2-3-18)8-24(15)37-12-17(10-33-37)16-7-19(11-32-9-16)34-23-4-5-36(13-22(23)28)14-26(29,30)31/h6-12,18,22-23,34H,2-5,13-14H2,1H3,(H,35,38)/t22-,23+/m1/s1. The molecule has 2 aliphatic rings. The molecule has 0 radical (unpaired) electrons. The third kappa shape index (κ3) is 6.12. The topological polar surface area (TPSA) is 75.1 Å². The number of nitrogens with zero attached hydrogens (tertiary/aromatic N) is 4. The minimum atomic E-state index is -4.36. The van der Waals surface area contributed by atoms with Gasteiger partial charge in [0.25, 0.3) is 5.91 Å². The van der Waals surface area contributed by atoms with Crippen LogP contribution in [0.3, 0.4) is 0 Å². The molecule has 3 aromatic rings. The van der Waals surface area contributed by atoms with Crippen molar-refractivity contribution in [3.63, 3.8) is 0 Å². The highest BCUT2D eigenvalue weighted by Crippen LogP contribution is 2.28. The van der Waals surface area contributed by atoms with Crippen LogP contribution in [0, 0.1) is 12.7 Å². The van der Waals surface area contributed by atoms with Crippen LogP contribution in [0.2, 0.25) is 0 Å². The van der Waals surface area contributed by atoms with Crippen molar-refractivity contribution in [2.24, 2.45) is 0 Å². The largest absolute Gasteiger partial charge is 0.401 e. The summed E-state index contributed by atoms with van der Waals surface area (Å²) >= 11 is 0. The van der Waals surface area contributed by atoms with Crippen molar-refractivity contribution in [1.29, 1.82) is 0 Å². The molecule has 1 saturated carbocycles. The fraction of sp³-hybridized carbons (Fsp3) is 0.423. The summed E-state index contributed by atoms with van der Waals surface area (Å²) in [6.45, 7) is 0.438. The summed E-state index contributed by atoms with van der Waals surface area (Å²) in [5, 5.41) is 10.2. The van der Waals surface area contributed by atoms with E-state index in [1.807, 2.05) is 0 Å². The number of carbonyl (C=O) groups is 1. The van der Waals surface area contributed by atoms with Gasteiger partial charge in [-0.25, -0.2) is 13.5 Å². The maximum Gasteiger partial charge on any atom is 0.401 e. The molecule has 0 bridgehead atoms. The first-order chi connectivity index (χ1) is 18.1. The SMILES string of the molecule is Cc1cc(F)c(C(=O)NC2CC2)cc1-n1cc(-c2cncc(N[C@H]3CCN(CC(F)(F)F)C[C@H]3F)c2)cn1. The molecule has 1 amide bonds. The van der Waals surface area contributed by atoms with E-state index in [9.17, 15) is 26.7 Å². The summed E-state index contributed by atoms with van der Waals surface area (Å²) in [5.74, 6) is -1.06. The summed E-state index contributed by atoms with van der Waals surface area (Å²) in [6, 6.07) is 3.99. The highest BCUT2D eigenvalue weighted by atomic mass is 19.4. The Morgan fingerprint density at radius 3 is 2.61 bits per heavy atom. The summed E-state index contributed by atoms with van der Waals surface area (Å²) in [5.41, 5.74) is 2.99. The second kappa shape index (κ2) is 10.3. The third-order valence-corrected chi connectivity index (χ3v) is 6.72. The number of aromatic nitrogens is 3. The molecule has 2 atom stereocenters. The molecule has 202 valence electrons. The lowest BCUT2D eigenvalue weighted by atomic mass is 10.0. The summed E-state index contributed by atoms with van der Waals surface area (Å²) in [4.78, 5) is 17.8. The molecule has 3 heterocycles. The van der Waals surface area contributed by atoms with E-state index in [0.717, 1.165) is 17.7 Å². The first-order valence-electron chi connectivity index (χ1n) is 12.4. The number of rotatable bonds is 7. The molecule has 2 fully saturated rings. The average Bonchev–Trinajstić information content (AvgIpc) is 3.52. The number of likely N-dealkylation sites (tertiary alicyclic amines) is 1. The van der Waals surface area contributed by atoms with Crippen LogP contribution in [0.1, 0.15) is 35.2 Å². The van der Waals surface area contributed by atoms with Crippen molar-refractivity contribution in [2.45, 2.75) is 50.6 Å². The van der Waals surface area contributed by atoms with Crippen LogP contribution in [0.5, 0.6) is 0 Å². The zero-order valence-corrected chi connectivity index (χ0v) is 20.6. The van der Waals surface area contributed by atoms with Gasteiger partial charge in [0.1, 0.15) is 12.0 Å². The lowest BCUT2D eigenvalue weighted by Crippen LogP contribution is -2.50. The predicted octanol–water partition coefficient (Wildman–Crippen LogP) is 4.66. The molecule has 1 aromatic carbocycles. The van der Waals surface area contributed by atoms with Crippen molar-refractivity contribution in [3.05, 3.63) is 59.9 Å². The monoisotopic (exact) mass is 534 g/mol. The van der Waals surface area contributed by atoms with E-state index in [1.54, 1.807) is 36.3 Å². The van der Waals surface area contributed by atoms with Crippen molar-refractivity contribution in [3.8, 4) is 16.8 Å². The lowest BCUT2D eigenvalue weighted by molar-refractivity contribution is -0.150. The number of anilines is 1. The van der Waals surface area contributed by atoms with E-state index in [2.05, 4.69) is 20.7 Å². The van der Waals surface area contributed by atoms with Crippen molar-refractivity contribution >= 4 is 11.6 Å². The fourth-order valence-electron chi connectivity index (χ4n) is 4.59. The number of hydrogen-bond donors (Lipinski definition) is 2. The van der Waals surface area contributed by atoms with Gasteiger partial charge < -0.3 is 10.6 Å². The number of aryl methyl sites for hydroxylation is 1. The van der Waals surface area contributed by atoms with E-state index in [4.69, 9.17) is 0 Å². The lowest BCUT2D eigenvalue weighted by Gasteiger charge is -2.35. The van der Waals surface area contributed by atoms with Crippen LogP contribution in [-0.4, -0.2) is 69.6 Å². The molecular formula is C26H27F5N6O. The van der Waals surface area contributed by atoms with Crippen LogP contribution in [0.15, 0.2) is 43.0 Å². The predicted molar refractivity (Wildman–Crippen MR) is 131 cm³/mol. The molecule has 2 aromatic heterocycles. The van der Waals surface area contributed by atoms with E-state index in [0.29, 0.717) is 28.1 Å². The molecule has 1 aliphatic heterocycles. The number of carbonyl (C=O) groups excluding carboxylic acids is 1. The first-order valence-corrected chi connectivity index (χ1v) is 12.4. The van der Waals surface area contributed by atoms with Crippen LogP contribution in [-0.2, 0) is 0 Å². The Morgan fingerprint density at radius 1 is 1.11 bits per heavy atom. The molecule has 0 spiro atoms. The second-order valence-corrected chi connectivity index (χ2v) is 9.91. The van der Waals surface area contributed by atoms with Crippen molar-refractivity contribution < 1.29 is 26.7 Å². The zero-order valence-electron chi connectivity index (χ0n) is 20.6. The highest BCUT2D eigenvalue weighted by Gasteiger charge is 2.36. The van der Waals surface area contributed by atoms with Gasteiger partial charge in [0.05, 0.1) is 35.7 Å². The number of hydrogen-bond acceptors (Lipinski definition) is 5. The minimum Gasteiger partial charge on any atom is -0.378 e. The summed E-state index contributed by atoms with van der Waals surface area (Å²) in [7, 11) is 0. The molecule has 12 heteroatoms. The molecule has 1 saturated heterocycles. The van der Waals surface area contributed by atoms with Gasteiger partial charge >= 0.3 is 6.18 Å². The molecular weight excluding hydrogens is 507 g/mol. The minimum absolute atomic E-state index is 0.0514. The summed E-state index contributed by atoms with van der Waals surface area (Å²) in [6.07, 6.45) is 2.62. The Balaban J connectivity index is 1.30. The van der Waals surface area contributed by atoms with E-state index in [-0.39, 0.29) is 31.1 Å². The van der Waals surface area contributed by atoms with E-state index in [1.165, 1.54) is 18.3 Å². The fourth-order valence-corrected chi connectivity index (χ4v) is 4.59. The average molecular weight is 535 g/mol. The Kier molecular flexibility index (Phi) is 7.08. The Labute approximate surface area is 216 Å². The number of pyridine rings is 1. The van der Waals surface area contributed by atoms with Crippen LogP contribution in [0.4, 0.5) is 27.6 Å². The normalized spacial score (nSPS) is 20.4. The Bertz CT molecular complexity index is 1320. The molecule has 0 unspecified atom stereocenters. The first kappa shape index (κ1) is 26.1. The van der Waals surface area contributed by atoms with Crippen LogP contribution in [0.25, 0.3) is 16.8 Å². The second-order valence-electron chi connectivity index (χ2n) is 9.91. The molecule has 2 N–H and O–H groups in total. The number of amides is 1. The number of halogens is 5. The van der Waals surface area contributed by atoms with Gasteiger partial charge in [0.15, 0.2) is 0 Å². The maximum absolute atomic E-state index is 14.6. The van der Waals surface area contributed by atoms with Crippen LogP contribution < -0.4 is 10.6 Å². The Morgan fingerprint density at radius 2 is 1.89 bits per heavy atom. The quantitative estimate of drug-likeness (QED) is 0.432. The van der Waals surface area contributed by atoms with Gasteiger partial charge in [0, 0.05) is 48.8 Å². The number of piperidine rings is 1. The number of benzene rings is 1. The highest BCUT2D eigenvalue weighted by molar-refractivity contribution is 5.95. The number of alkyl halides is 4. The van der Waals surface area contributed by atoms with Gasteiger partial charge in [-0.05, 0) is 49.9 Å². The van der Waals surface area contributed by atoms with Crippen molar-refractivity contribution in [1.82, 2.24) is 25.0 Å². The Hall–Kier alpha value is -3.54. The van der Waals surface area contributed by atoms with Gasteiger partial charge in [-0.15, -0.1) is 0 Å². The van der Waals surface area contributed by atoms with E-state index < -0.39 is 36.7 Å².